The maximum atomic E-state index is 13.8. The van der Waals surface area contributed by atoms with Crippen LogP contribution in [0.25, 0.3) is 0 Å². The largest absolute Gasteiger partial charge is 0.309 e. The van der Waals surface area contributed by atoms with Crippen molar-refractivity contribution in [2.45, 2.75) is 51.9 Å². The Morgan fingerprint density at radius 3 is 2.92 bits per heavy atom. The third-order valence-electron chi connectivity index (χ3n) is 4.64. The van der Waals surface area contributed by atoms with E-state index in [2.05, 4.69) is 35.4 Å². The number of aromatic nitrogens is 2. The van der Waals surface area contributed by atoms with Gasteiger partial charge in [-0.1, -0.05) is 18.2 Å². The number of nitrogens with one attached hydrogen (secondary N) is 1. The topological polar surface area (TPSA) is 33.1 Å². The first-order valence-electron chi connectivity index (χ1n) is 8.84. The summed E-state index contributed by atoms with van der Waals surface area (Å²) in [6.07, 6.45) is 6.37. The molecule has 24 heavy (non-hydrogen) atoms. The molecule has 0 unspecified atom stereocenters. The highest BCUT2D eigenvalue weighted by atomic mass is 19.1. The van der Waals surface area contributed by atoms with Gasteiger partial charge in [0.15, 0.2) is 0 Å². The molecule has 0 saturated carbocycles. The van der Waals surface area contributed by atoms with Crippen LogP contribution in [0.3, 0.4) is 0 Å². The fraction of sp³-hybridized carbons (Fsp3) is 0.526. The summed E-state index contributed by atoms with van der Waals surface area (Å²) in [5, 5.41) is 8.02. The quantitative estimate of drug-likeness (QED) is 0.882. The van der Waals surface area contributed by atoms with Gasteiger partial charge >= 0.3 is 0 Å². The number of rotatable bonds is 6. The molecule has 1 saturated heterocycles. The molecule has 1 aliphatic heterocycles. The van der Waals surface area contributed by atoms with E-state index in [-0.39, 0.29) is 5.82 Å². The number of hydrogen-bond acceptors (Lipinski definition) is 3. The highest BCUT2D eigenvalue weighted by Crippen LogP contribution is 2.16. The van der Waals surface area contributed by atoms with Crippen LogP contribution < -0.4 is 5.32 Å². The van der Waals surface area contributed by atoms with E-state index in [1.54, 1.807) is 12.1 Å². The first-order valence-corrected chi connectivity index (χ1v) is 8.84. The Kier molecular flexibility index (Phi) is 5.63. The van der Waals surface area contributed by atoms with E-state index in [4.69, 9.17) is 0 Å². The van der Waals surface area contributed by atoms with Gasteiger partial charge in [0.1, 0.15) is 5.82 Å². The van der Waals surface area contributed by atoms with Crippen LogP contribution in [0.2, 0.25) is 0 Å². The third-order valence-corrected chi connectivity index (χ3v) is 4.64. The predicted octanol–water partition coefficient (Wildman–Crippen LogP) is 3.36. The molecule has 1 N–H and O–H groups in total. The van der Waals surface area contributed by atoms with Crippen molar-refractivity contribution in [1.82, 2.24) is 20.0 Å². The Labute approximate surface area is 143 Å². The Balaban J connectivity index is 1.51. The number of likely N-dealkylation sites (tertiary alicyclic amines) is 1. The van der Waals surface area contributed by atoms with Gasteiger partial charge in [-0.05, 0) is 39.3 Å². The van der Waals surface area contributed by atoms with Gasteiger partial charge in [0.2, 0.25) is 0 Å². The van der Waals surface area contributed by atoms with E-state index in [0.29, 0.717) is 18.6 Å². The molecular formula is C19H27FN4. The van der Waals surface area contributed by atoms with Crippen molar-refractivity contribution in [3.05, 3.63) is 53.6 Å². The molecule has 0 bridgehead atoms. The molecule has 4 nitrogen and oxygen atoms in total. The second-order valence-corrected chi connectivity index (χ2v) is 6.97. The molecule has 1 aromatic carbocycles. The Morgan fingerprint density at radius 2 is 2.17 bits per heavy atom. The highest BCUT2D eigenvalue weighted by Gasteiger charge is 2.20. The van der Waals surface area contributed by atoms with Crippen LogP contribution in [0.1, 0.15) is 43.9 Å². The highest BCUT2D eigenvalue weighted by molar-refractivity contribution is 5.17. The van der Waals surface area contributed by atoms with E-state index >= 15 is 0 Å². The van der Waals surface area contributed by atoms with E-state index in [1.807, 2.05) is 23.0 Å². The summed E-state index contributed by atoms with van der Waals surface area (Å²) in [5.41, 5.74) is 2.01. The fourth-order valence-electron chi connectivity index (χ4n) is 3.25. The van der Waals surface area contributed by atoms with Crippen molar-refractivity contribution in [1.29, 1.82) is 0 Å². The molecule has 3 rings (SSSR count). The van der Waals surface area contributed by atoms with Crippen LogP contribution in [0.5, 0.6) is 0 Å². The minimum Gasteiger partial charge on any atom is -0.309 e. The Hall–Kier alpha value is -1.72. The fourth-order valence-corrected chi connectivity index (χ4v) is 3.25. The molecule has 130 valence electrons. The average Bonchev–Trinajstić information content (AvgIpc) is 3.05. The summed E-state index contributed by atoms with van der Waals surface area (Å²) in [6.45, 7) is 7.80. The first kappa shape index (κ1) is 17.1. The van der Waals surface area contributed by atoms with Crippen LogP contribution in [0, 0.1) is 5.82 Å². The number of nitrogens with zero attached hydrogens (tertiary/aromatic N) is 3. The van der Waals surface area contributed by atoms with Gasteiger partial charge in [0.05, 0.1) is 6.20 Å². The number of piperidine rings is 1. The van der Waals surface area contributed by atoms with Crippen molar-refractivity contribution in [3.63, 3.8) is 0 Å². The number of halogens is 1. The Bertz CT molecular complexity index is 652. The molecule has 5 heteroatoms. The summed E-state index contributed by atoms with van der Waals surface area (Å²) in [5.74, 6) is -0.103. The first-order chi connectivity index (χ1) is 11.6. The van der Waals surface area contributed by atoms with Crippen molar-refractivity contribution in [3.8, 4) is 0 Å². The predicted molar refractivity (Wildman–Crippen MR) is 94.2 cm³/mol. The number of hydrogen-bond donors (Lipinski definition) is 1. The second-order valence-electron chi connectivity index (χ2n) is 6.97. The minimum absolute atomic E-state index is 0.103. The second kappa shape index (κ2) is 7.90. The van der Waals surface area contributed by atoms with Crippen molar-refractivity contribution in [2.75, 3.05) is 13.1 Å². The van der Waals surface area contributed by atoms with Gasteiger partial charge < -0.3 is 5.32 Å². The molecule has 0 amide bonds. The van der Waals surface area contributed by atoms with Crippen molar-refractivity contribution in [2.24, 2.45) is 0 Å². The average molecular weight is 330 g/mol. The lowest BCUT2D eigenvalue weighted by molar-refractivity contribution is 0.181. The lowest BCUT2D eigenvalue weighted by atomic mass is 10.0. The Morgan fingerprint density at radius 1 is 1.33 bits per heavy atom. The SMILES string of the molecule is CC(C)n1cc(CN[C@@H]2CCCN(Cc3ccccc3F)C2)cn1. The molecular weight excluding hydrogens is 303 g/mol. The molecule has 2 aromatic rings. The van der Waals surface area contributed by atoms with E-state index in [9.17, 15) is 4.39 Å². The lowest BCUT2D eigenvalue weighted by Crippen LogP contribution is -2.45. The van der Waals surface area contributed by atoms with Crippen LogP contribution in [0.15, 0.2) is 36.7 Å². The molecule has 0 spiro atoms. The standard InChI is InChI=1S/C19H27FN4/c1-15(2)24-12-16(11-22-24)10-21-18-7-5-9-23(14-18)13-17-6-3-4-8-19(17)20/h3-4,6,8,11-12,15,18,21H,5,7,9-10,13-14H2,1-2H3/t18-/m1/s1. The zero-order valence-corrected chi connectivity index (χ0v) is 14.6. The zero-order chi connectivity index (χ0) is 16.9. The van der Waals surface area contributed by atoms with Crippen LogP contribution in [0.4, 0.5) is 4.39 Å². The summed E-state index contributed by atoms with van der Waals surface area (Å²) < 4.78 is 15.8. The van der Waals surface area contributed by atoms with Gasteiger partial charge in [-0.15, -0.1) is 0 Å². The zero-order valence-electron chi connectivity index (χ0n) is 14.6. The molecule has 0 aliphatic carbocycles. The molecule has 2 heterocycles. The molecule has 0 radical (unpaired) electrons. The molecule has 1 fully saturated rings. The van der Waals surface area contributed by atoms with Crippen molar-refractivity contribution >= 4 is 0 Å². The maximum absolute atomic E-state index is 13.8. The minimum atomic E-state index is -0.103. The number of benzene rings is 1. The molecule has 1 aromatic heterocycles. The van der Waals surface area contributed by atoms with Gasteiger partial charge in [0, 0.05) is 49.0 Å². The van der Waals surface area contributed by atoms with Gasteiger partial charge in [0.25, 0.3) is 0 Å². The lowest BCUT2D eigenvalue weighted by Gasteiger charge is -2.33. The summed E-state index contributed by atoms with van der Waals surface area (Å²) in [6, 6.07) is 7.92. The summed E-state index contributed by atoms with van der Waals surface area (Å²) in [7, 11) is 0. The van der Waals surface area contributed by atoms with Gasteiger partial charge in [-0.3, -0.25) is 9.58 Å². The summed E-state index contributed by atoms with van der Waals surface area (Å²) in [4.78, 5) is 2.34. The van der Waals surface area contributed by atoms with Crippen LogP contribution in [-0.4, -0.2) is 33.8 Å². The van der Waals surface area contributed by atoms with Crippen LogP contribution in [-0.2, 0) is 13.1 Å². The smallest absolute Gasteiger partial charge is 0.127 e. The van der Waals surface area contributed by atoms with E-state index < -0.39 is 0 Å². The monoisotopic (exact) mass is 330 g/mol. The normalized spacial score (nSPS) is 19.1. The van der Waals surface area contributed by atoms with Crippen LogP contribution >= 0.6 is 0 Å². The van der Waals surface area contributed by atoms with E-state index in [0.717, 1.165) is 31.6 Å². The van der Waals surface area contributed by atoms with Gasteiger partial charge in [-0.25, -0.2) is 4.39 Å². The maximum Gasteiger partial charge on any atom is 0.127 e. The summed E-state index contributed by atoms with van der Waals surface area (Å²) >= 11 is 0. The van der Waals surface area contributed by atoms with E-state index in [1.165, 1.54) is 12.0 Å². The molecule has 1 aliphatic rings. The van der Waals surface area contributed by atoms with Crippen molar-refractivity contribution < 1.29 is 4.39 Å². The third kappa shape index (κ3) is 4.42. The van der Waals surface area contributed by atoms with Gasteiger partial charge in [-0.2, -0.15) is 5.10 Å². The molecule has 1 atom stereocenters.